The summed E-state index contributed by atoms with van der Waals surface area (Å²) < 4.78 is 12.9. The first-order valence-electron chi connectivity index (χ1n) is 7.45. The Hall–Kier alpha value is -3.54. The molecule has 0 saturated heterocycles. The number of non-ortho nitro benzene ring substituents is 1. The van der Waals surface area contributed by atoms with Crippen LogP contribution in [0.4, 0.5) is 15.8 Å². The fourth-order valence-corrected chi connectivity index (χ4v) is 2.33. The molecule has 124 valence electrons. The molecule has 1 N–H and O–H groups in total. The summed E-state index contributed by atoms with van der Waals surface area (Å²) in [5.41, 5.74) is 2.70. The third-order valence-corrected chi connectivity index (χ3v) is 3.66. The van der Waals surface area contributed by atoms with Gasteiger partial charge in [-0.05, 0) is 59.7 Å². The zero-order chi connectivity index (χ0) is 17.8. The second kappa shape index (κ2) is 6.92. The molecule has 1 amide bonds. The molecule has 0 atom stereocenters. The number of nitro groups is 1. The number of hydrogen-bond donors (Lipinski definition) is 1. The Morgan fingerprint density at radius 1 is 0.840 bits per heavy atom. The molecule has 3 rings (SSSR count). The third kappa shape index (κ3) is 3.87. The smallest absolute Gasteiger partial charge is 0.269 e. The molecule has 3 aromatic carbocycles. The molecule has 0 spiro atoms. The number of nitrogens with zero attached hydrogens (tertiary/aromatic N) is 1. The Labute approximate surface area is 142 Å². The molecule has 5 nitrogen and oxygen atoms in total. The van der Waals surface area contributed by atoms with Crippen LogP contribution in [0.2, 0.25) is 0 Å². The van der Waals surface area contributed by atoms with Crippen molar-refractivity contribution >= 4 is 17.3 Å². The lowest BCUT2D eigenvalue weighted by Crippen LogP contribution is -2.11. The van der Waals surface area contributed by atoms with Gasteiger partial charge in [0, 0.05) is 23.4 Å². The number of carbonyl (C=O) groups excluding carboxylic acids is 1. The van der Waals surface area contributed by atoms with Crippen molar-refractivity contribution in [2.24, 2.45) is 0 Å². The third-order valence-electron chi connectivity index (χ3n) is 3.66. The number of nitrogens with one attached hydrogen (secondary N) is 1. The lowest BCUT2D eigenvalue weighted by atomic mass is 10.0. The monoisotopic (exact) mass is 336 g/mol. The number of hydrogen-bond acceptors (Lipinski definition) is 3. The van der Waals surface area contributed by atoms with Crippen LogP contribution in [-0.4, -0.2) is 10.8 Å². The normalized spacial score (nSPS) is 10.3. The summed E-state index contributed by atoms with van der Waals surface area (Å²) >= 11 is 0. The van der Waals surface area contributed by atoms with E-state index in [0.29, 0.717) is 11.3 Å². The van der Waals surface area contributed by atoms with E-state index in [1.165, 1.54) is 36.4 Å². The zero-order valence-corrected chi connectivity index (χ0v) is 13.0. The maximum atomic E-state index is 12.9. The van der Waals surface area contributed by atoms with E-state index in [1.807, 2.05) is 0 Å². The van der Waals surface area contributed by atoms with Gasteiger partial charge in [-0.25, -0.2) is 4.39 Å². The Balaban J connectivity index is 1.72. The molecule has 6 heteroatoms. The minimum Gasteiger partial charge on any atom is -0.322 e. The Bertz CT molecular complexity index is 905. The molecule has 0 unspecified atom stereocenters. The average Bonchev–Trinajstić information content (AvgIpc) is 2.63. The van der Waals surface area contributed by atoms with Gasteiger partial charge in [0.15, 0.2) is 0 Å². The number of halogens is 1. The minimum atomic E-state index is -0.447. The molecule has 0 aliphatic carbocycles. The molecule has 0 radical (unpaired) electrons. The molecule has 25 heavy (non-hydrogen) atoms. The van der Waals surface area contributed by atoms with Gasteiger partial charge in [0.05, 0.1) is 4.92 Å². The molecule has 3 aromatic rings. The predicted molar refractivity (Wildman–Crippen MR) is 92.9 cm³/mol. The highest BCUT2D eigenvalue weighted by Gasteiger charge is 2.08. The molecule has 0 fully saturated rings. The Kier molecular flexibility index (Phi) is 4.52. The number of nitro benzene ring substituents is 1. The van der Waals surface area contributed by atoms with Gasteiger partial charge >= 0.3 is 0 Å². The van der Waals surface area contributed by atoms with Crippen LogP contribution in [0.1, 0.15) is 10.4 Å². The van der Waals surface area contributed by atoms with E-state index < -0.39 is 10.7 Å². The summed E-state index contributed by atoms with van der Waals surface area (Å²) in [6.07, 6.45) is 0. The van der Waals surface area contributed by atoms with Crippen LogP contribution in [0.25, 0.3) is 11.1 Å². The maximum Gasteiger partial charge on any atom is 0.269 e. The zero-order valence-electron chi connectivity index (χ0n) is 13.0. The van der Waals surface area contributed by atoms with E-state index in [2.05, 4.69) is 5.32 Å². The summed E-state index contributed by atoms with van der Waals surface area (Å²) in [7, 11) is 0. The molecule has 0 aliphatic rings. The summed E-state index contributed by atoms with van der Waals surface area (Å²) in [5, 5.41) is 13.4. The van der Waals surface area contributed by atoms with Crippen LogP contribution in [0.5, 0.6) is 0 Å². The van der Waals surface area contributed by atoms with Crippen molar-refractivity contribution < 1.29 is 14.1 Å². The van der Waals surface area contributed by atoms with Crippen molar-refractivity contribution in [3.8, 4) is 11.1 Å². The molecule has 0 aromatic heterocycles. The van der Waals surface area contributed by atoms with Crippen LogP contribution in [0.15, 0.2) is 72.8 Å². The highest BCUT2D eigenvalue weighted by molar-refractivity contribution is 6.04. The highest BCUT2D eigenvalue weighted by atomic mass is 19.1. The van der Waals surface area contributed by atoms with Gasteiger partial charge in [-0.1, -0.05) is 12.1 Å². The van der Waals surface area contributed by atoms with E-state index in [9.17, 15) is 19.3 Å². The number of anilines is 1. The van der Waals surface area contributed by atoms with E-state index in [0.717, 1.165) is 11.1 Å². The van der Waals surface area contributed by atoms with Gasteiger partial charge in [0.2, 0.25) is 0 Å². The number of rotatable bonds is 4. The fraction of sp³-hybridized carbons (Fsp3) is 0. The number of amides is 1. The quantitative estimate of drug-likeness (QED) is 0.556. The minimum absolute atomic E-state index is 0.0342. The van der Waals surface area contributed by atoms with Crippen molar-refractivity contribution in [3.05, 3.63) is 94.3 Å². The van der Waals surface area contributed by atoms with Gasteiger partial charge in [0.1, 0.15) is 5.82 Å². The SMILES string of the molecule is O=C(Nc1ccc(-c2ccc([N+](=O)[O-])cc2)cc1)c1ccc(F)cc1. The van der Waals surface area contributed by atoms with E-state index in [1.54, 1.807) is 36.4 Å². The molecule has 0 heterocycles. The second-order valence-corrected chi connectivity index (χ2v) is 5.34. The van der Waals surface area contributed by atoms with Crippen LogP contribution >= 0.6 is 0 Å². The second-order valence-electron chi connectivity index (χ2n) is 5.34. The molecular formula is C19H13FN2O3. The first kappa shape index (κ1) is 16.3. The maximum absolute atomic E-state index is 12.9. The van der Waals surface area contributed by atoms with Crippen molar-refractivity contribution in [1.29, 1.82) is 0 Å². The van der Waals surface area contributed by atoms with Gasteiger partial charge in [0.25, 0.3) is 11.6 Å². The largest absolute Gasteiger partial charge is 0.322 e. The van der Waals surface area contributed by atoms with Crippen molar-refractivity contribution in [2.45, 2.75) is 0 Å². The Morgan fingerprint density at radius 2 is 1.36 bits per heavy atom. The standard InChI is InChI=1S/C19H13FN2O3/c20-16-7-1-15(2-8-16)19(23)21-17-9-3-13(4-10-17)14-5-11-18(12-6-14)22(24)25/h1-12H,(H,21,23). The lowest BCUT2D eigenvalue weighted by Gasteiger charge is -2.07. The van der Waals surface area contributed by atoms with Gasteiger partial charge in [-0.15, -0.1) is 0 Å². The number of carbonyl (C=O) groups is 1. The first-order valence-corrected chi connectivity index (χ1v) is 7.45. The summed E-state index contributed by atoms with van der Waals surface area (Å²) in [4.78, 5) is 22.3. The summed E-state index contributed by atoms with van der Waals surface area (Å²) in [5.74, 6) is -0.730. The lowest BCUT2D eigenvalue weighted by molar-refractivity contribution is -0.384. The number of benzene rings is 3. The van der Waals surface area contributed by atoms with Gasteiger partial charge in [-0.2, -0.15) is 0 Å². The average molecular weight is 336 g/mol. The van der Waals surface area contributed by atoms with Crippen molar-refractivity contribution in [3.63, 3.8) is 0 Å². The van der Waals surface area contributed by atoms with Crippen LogP contribution in [0.3, 0.4) is 0 Å². The van der Waals surface area contributed by atoms with Crippen LogP contribution in [0, 0.1) is 15.9 Å². The van der Waals surface area contributed by atoms with Crippen LogP contribution < -0.4 is 5.32 Å². The van der Waals surface area contributed by atoms with Crippen molar-refractivity contribution in [2.75, 3.05) is 5.32 Å². The molecule has 0 aliphatic heterocycles. The molecule has 0 saturated carbocycles. The fourth-order valence-electron chi connectivity index (χ4n) is 2.33. The summed E-state index contributed by atoms with van der Waals surface area (Å²) in [6, 6.07) is 18.6. The van der Waals surface area contributed by atoms with Crippen LogP contribution in [-0.2, 0) is 0 Å². The molecule has 0 bridgehead atoms. The van der Waals surface area contributed by atoms with E-state index >= 15 is 0 Å². The van der Waals surface area contributed by atoms with Gasteiger partial charge in [-0.3, -0.25) is 14.9 Å². The topological polar surface area (TPSA) is 72.2 Å². The highest BCUT2D eigenvalue weighted by Crippen LogP contribution is 2.24. The van der Waals surface area contributed by atoms with E-state index in [4.69, 9.17) is 0 Å². The predicted octanol–water partition coefficient (Wildman–Crippen LogP) is 4.65. The van der Waals surface area contributed by atoms with E-state index in [-0.39, 0.29) is 11.6 Å². The molecular weight excluding hydrogens is 323 g/mol. The Morgan fingerprint density at radius 3 is 1.88 bits per heavy atom. The van der Waals surface area contributed by atoms with Gasteiger partial charge < -0.3 is 5.32 Å². The first-order chi connectivity index (χ1) is 12.0. The summed E-state index contributed by atoms with van der Waals surface area (Å²) in [6.45, 7) is 0. The van der Waals surface area contributed by atoms with Crippen molar-refractivity contribution in [1.82, 2.24) is 0 Å².